The van der Waals surface area contributed by atoms with E-state index >= 15 is 0 Å². The van der Waals surface area contributed by atoms with Crippen LogP contribution in [0.1, 0.15) is 12.8 Å². The Hall–Kier alpha value is -2.25. The van der Waals surface area contributed by atoms with E-state index in [2.05, 4.69) is 0 Å². The third-order valence-electron chi connectivity index (χ3n) is 1.88. The van der Waals surface area contributed by atoms with Gasteiger partial charge in [-0.15, -0.1) is 0 Å². The number of hydrogen-bond acceptors (Lipinski definition) is 5. The highest BCUT2D eigenvalue weighted by Crippen LogP contribution is 2.02. The van der Waals surface area contributed by atoms with Gasteiger partial charge in [0.1, 0.15) is 0 Å². The van der Waals surface area contributed by atoms with Gasteiger partial charge in [-0.3, -0.25) is 29.4 Å². The van der Waals surface area contributed by atoms with Crippen LogP contribution in [0.25, 0.3) is 0 Å². The van der Waals surface area contributed by atoms with Crippen molar-refractivity contribution < 1.29 is 29.1 Å². The standard InChI is InChI=1S/C8H8N2O6/c11-4(12)2-1-3-10-7(15)5(13)6(14)9-8(10)16/h1-3H2,(H,11,12)(H,9,14,16). The summed E-state index contributed by atoms with van der Waals surface area (Å²) in [5.74, 6) is -4.88. The molecule has 0 aromatic carbocycles. The van der Waals surface area contributed by atoms with E-state index in [4.69, 9.17) is 5.11 Å². The van der Waals surface area contributed by atoms with Crippen LogP contribution in [0.15, 0.2) is 0 Å². The number of nitrogens with zero attached hydrogens (tertiary/aromatic N) is 1. The molecule has 0 aromatic heterocycles. The van der Waals surface area contributed by atoms with Crippen LogP contribution < -0.4 is 5.32 Å². The molecule has 0 unspecified atom stereocenters. The van der Waals surface area contributed by atoms with E-state index in [1.54, 1.807) is 5.32 Å². The maximum Gasteiger partial charge on any atom is 0.331 e. The zero-order chi connectivity index (χ0) is 12.3. The van der Waals surface area contributed by atoms with Gasteiger partial charge < -0.3 is 5.11 Å². The lowest BCUT2D eigenvalue weighted by atomic mass is 10.2. The number of hydrogen-bond donors (Lipinski definition) is 2. The molecule has 16 heavy (non-hydrogen) atoms. The van der Waals surface area contributed by atoms with Crippen LogP contribution >= 0.6 is 0 Å². The van der Waals surface area contributed by atoms with Crippen LogP contribution in [0.2, 0.25) is 0 Å². The summed E-state index contributed by atoms with van der Waals surface area (Å²) in [4.78, 5) is 54.6. The Kier molecular flexibility index (Phi) is 3.33. The van der Waals surface area contributed by atoms with E-state index in [0.717, 1.165) is 0 Å². The monoisotopic (exact) mass is 228 g/mol. The molecular weight excluding hydrogens is 220 g/mol. The van der Waals surface area contributed by atoms with Crippen molar-refractivity contribution in [2.45, 2.75) is 12.8 Å². The Labute approximate surface area is 89.2 Å². The highest BCUT2D eigenvalue weighted by atomic mass is 16.4. The molecule has 0 aromatic rings. The van der Waals surface area contributed by atoms with Gasteiger partial charge in [0.05, 0.1) is 0 Å². The first-order valence-electron chi connectivity index (χ1n) is 4.36. The van der Waals surface area contributed by atoms with Crippen molar-refractivity contribution in [2.75, 3.05) is 6.54 Å². The quantitative estimate of drug-likeness (QED) is 0.565. The third-order valence-corrected chi connectivity index (χ3v) is 1.88. The molecule has 8 heteroatoms. The Morgan fingerprint density at radius 1 is 1.25 bits per heavy atom. The third kappa shape index (κ3) is 2.41. The van der Waals surface area contributed by atoms with Crippen LogP contribution in [0.5, 0.6) is 0 Å². The zero-order valence-electron chi connectivity index (χ0n) is 8.06. The summed E-state index contributed by atoms with van der Waals surface area (Å²) in [5.41, 5.74) is 0. The number of aliphatic carboxylic acids is 1. The van der Waals surface area contributed by atoms with E-state index in [1.165, 1.54) is 0 Å². The molecule has 1 aliphatic heterocycles. The summed E-state index contributed by atoms with van der Waals surface area (Å²) in [7, 11) is 0. The Morgan fingerprint density at radius 2 is 1.88 bits per heavy atom. The van der Waals surface area contributed by atoms with Crippen molar-refractivity contribution in [1.82, 2.24) is 10.2 Å². The number of carbonyl (C=O) groups excluding carboxylic acids is 4. The van der Waals surface area contributed by atoms with Crippen molar-refractivity contribution in [2.24, 2.45) is 0 Å². The van der Waals surface area contributed by atoms with E-state index < -0.39 is 29.6 Å². The second-order valence-corrected chi connectivity index (χ2v) is 3.04. The molecule has 0 saturated carbocycles. The second kappa shape index (κ2) is 4.51. The molecule has 86 valence electrons. The van der Waals surface area contributed by atoms with E-state index in [9.17, 15) is 24.0 Å². The van der Waals surface area contributed by atoms with E-state index in [-0.39, 0.29) is 19.4 Å². The topological polar surface area (TPSA) is 121 Å². The molecule has 0 atom stereocenters. The fraction of sp³-hybridized carbons (Fsp3) is 0.375. The molecule has 8 nitrogen and oxygen atoms in total. The molecule has 1 saturated heterocycles. The maximum absolute atomic E-state index is 11.2. The van der Waals surface area contributed by atoms with Crippen molar-refractivity contribution in [3.05, 3.63) is 0 Å². The van der Waals surface area contributed by atoms with Gasteiger partial charge in [0, 0.05) is 13.0 Å². The number of barbiturate groups is 1. The average molecular weight is 228 g/mol. The van der Waals surface area contributed by atoms with Crippen molar-refractivity contribution >= 4 is 29.6 Å². The normalized spacial score (nSPS) is 16.4. The number of Topliss-reactive ketones (excluding diaryl/α,β-unsaturated/α-hetero) is 1. The molecule has 1 heterocycles. The van der Waals surface area contributed by atoms with Gasteiger partial charge in [-0.25, -0.2) is 4.79 Å². The lowest BCUT2D eigenvalue weighted by Gasteiger charge is -2.22. The van der Waals surface area contributed by atoms with E-state index in [0.29, 0.717) is 4.90 Å². The molecule has 0 radical (unpaired) electrons. The molecule has 1 fully saturated rings. The summed E-state index contributed by atoms with van der Waals surface area (Å²) >= 11 is 0. The molecule has 0 bridgehead atoms. The Bertz CT molecular complexity index is 388. The van der Waals surface area contributed by atoms with Crippen LogP contribution in [0.4, 0.5) is 4.79 Å². The predicted molar refractivity (Wildman–Crippen MR) is 47.1 cm³/mol. The first-order chi connectivity index (χ1) is 7.43. The summed E-state index contributed by atoms with van der Waals surface area (Å²) in [6, 6.07) is -1.00. The van der Waals surface area contributed by atoms with Crippen molar-refractivity contribution in [3.63, 3.8) is 0 Å². The molecule has 4 amide bonds. The fourth-order valence-corrected chi connectivity index (χ4v) is 1.12. The molecular formula is C8H8N2O6. The van der Waals surface area contributed by atoms with Gasteiger partial charge in [0.2, 0.25) is 0 Å². The lowest BCUT2D eigenvalue weighted by Crippen LogP contribution is -2.58. The minimum absolute atomic E-state index is 0.0238. The number of rotatable bonds is 4. The number of amides is 4. The van der Waals surface area contributed by atoms with Gasteiger partial charge in [-0.2, -0.15) is 0 Å². The lowest BCUT2D eigenvalue weighted by molar-refractivity contribution is -0.150. The SMILES string of the molecule is O=C(O)CCCN1C(=O)NC(=O)C(=O)C1=O. The highest BCUT2D eigenvalue weighted by Gasteiger charge is 2.38. The number of nitrogens with one attached hydrogen (secondary N) is 1. The van der Waals surface area contributed by atoms with Gasteiger partial charge in [-0.05, 0) is 6.42 Å². The summed E-state index contributed by atoms with van der Waals surface area (Å²) in [5, 5.41) is 10.0. The predicted octanol–water partition coefficient (Wildman–Crippen LogP) is -1.50. The zero-order valence-corrected chi connectivity index (χ0v) is 8.06. The van der Waals surface area contributed by atoms with Crippen molar-refractivity contribution in [1.29, 1.82) is 0 Å². The number of carboxylic acid groups (broad SMARTS) is 1. The van der Waals surface area contributed by atoms with Gasteiger partial charge >= 0.3 is 29.6 Å². The molecule has 2 N–H and O–H groups in total. The number of carbonyl (C=O) groups is 5. The minimum Gasteiger partial charge on any atom is -0.481 e. The maximum atomic E-state index is 11.2. The largest absolute Gasteiger partial charge is 0.481 e. The fourth-order valence-electron chi connectivity index (χ4n) is 1.12. The van der Waals surface area contributed by atoms with Crippen LogP contribution in [-0.2, 0) is 19.2 Å². The van der Waals surface area contributed by atoms with Crippen molar-refractivity contribution in [3.8, 4) is 0 Å². The minimum atomic E-state index is -1.32. The van der Waals surface area contributed by atoms with Crippen LogP contribution in [0.3, 0.4) is 0 Å². The highest BCUT2D eigenvalue weighted by molar-refractivity contribution is 6.66. The number of imide groups is 2. The molecule has 0 spiro atoms. The number of ketones is 1. The van der Waals surface area contributed by atoms with Gasteiger partial charge in [0.15, 0.2) is 0 Å². The number of urea groups is 1. The van der Waals surface area contributed by atoms with Gasteiger partial charge in [0.25, 0.3) is 0 Å². The van der Waals surface area contributed by atoms with Crippen LogP contribution in [-0.4, -0.2) is 46.1 Å². The van der Waals surface area contributed by atoms with Gasteiger partial charge in [-0.1, -0.05) is 0 Å². The van der Waals surface area contributed by atoms with Crippen LogP contribution in [0, 0.1) is 0 Å². The molecule has 1 aliphatic rings. The smallest absolute Gasteiger partial charge is 0.331 e. The molecule has 0 aliphatic carbocycles. The summed E-state index contributed by atoms with van der Waals surface area (Å²) < 4.78 is 0. The Morgan fingerprint density at radius 3 is 2.44 bits per heavy atom. The summed E-state index contributed by atoms with van der Waals surface area (Å²) in [6.07, 6.45) is -0.213. The second-order valence-electron chi connectivity index (χ2n) is 3.04. The van der Waals surface area contributed by atoms with E-state index in [1.807, 2.05) is 0 Å². The Balaban J connectivity index is 2.61. The number of carboxylic acids is 1. The first-order valence-corrected chi connectivity index (χ1v) is 4.36. The molecule has 1 rings (SSSR count). The first kappa shape index (κ1) is 11.8. The summed E-state index contributed by atoms with van der Waals surface area (Å²) in [6.45, 7) is -0.212. The average Bonchev–Trinajstić information content (AvgIpc) is 2.19.